The molecule has 2 aromatic carbocycles. The Labute approximate surface area is 280 Å². The van der Waals surface area contributed by atoms with Gasteiger partial charge in [-0.2, -0.15) is 0 Å². The number of ether oxygens (including phenoxy) is 3. The molecule has 0 spiro atoms. The molecule has 0 saturated carbocycles. The third kappa shape index (κ3) is 11.8. The molecular formula is C38H49N3O6. The molecule has 0 saturated heterocycles. The second-order valence-corrected chi connectivity index (χ2v) is 12.3. The average Bonchev–Trinajstić information content (AvgIpc) is 2.98. The number of esters is 3. The van der Waals surface area contributed by atoms with Gasteiger partial charge in [0, 0.05) is 11.0 Å². The van der Waals surface area contributed by atoms with Crippen LogP contribution in [0.3, 0.4) is 0 Å². The fourth-order valence-electron chi connectivity index (χ4n) is 5.14. The van der Waals surface area contributed by atoms with Crippen LogP contribution in [-0.2, 0) is 41.4 Å². The Kier molecular flexibility index (Phi) is 16.2. The molecule has 1 aliphatic carbocycles. The first-order valence-electron chi connectivity index (χ1n) is 15.7. The summed E-state index contributed by atoms with van der Waals surface area (Å²) in [4.78, 5) is 41.3. The molecule has 0 bridgehead atoms. The van der Waals surface area contributed by atoms with Crippen LogP contribution in [0.4, 0.5) is 0 Å². The first-order chi connectivity index (χ1) is 22.1. The van der Waals surface area contributed by atoms with Crippen LogP contribution in [0, 0.1) is 24.0 Å². The molecule has 9 heteroatoms. The standard InChI is InChI=1S/2C15H19NO2.C8H11NO2/c1-4-18-14(17)12-13(16)11-8-6-5-7-10(11)9-15(12,2)3;1-5-18-14(17)13(16-4)15(2,3)11-12-9-7-6-8-10-12;1-5-11-8(10)7(9-4)6(2)3/h5-8H,4,9,16H2,1-3H3;6-10,13H,5,11H2,1-3H3;5H2,1-3H3. The Balaban J connectivity index is 0.000000365. The first-order valence-corrected chi connectivity index (χ1v) is 15.7. The summed E-state index contributed by atoms with van der Waals surface area (Å²) in [7, 11) is 0. The largest absolute Gasteiger partial charge is 0.471 e. The molecule has 252 valence electrons. The van der Waals surface area contributed by atoms with Gasteiger partial charge >= 0.3 is 23.9 Å². The zero-order valence-corrected chi connectivity index (χ0v) is 29.2. The van der Waals surface area contributed by atoms with Gasteiger partial charge in [-0.25, -0.2) is 21.0 Å². The lowest BCUT2D eigenvalue weighted by Gasteiger charge is -2.33. The molecule has 0 fully saturated rings. The molecule has 2 aromatic rings. The van der Waals surface area contributed by atoms with Crippen molar-refractivity contribution in [3.63, 3.8) is 0 Å². The minimum atomic E-state index is -0.752. The Morgan fingerprint density at radius 3 is 1.96 bits per heavy atom. The Morgan fingerprint density at radius 2 is 1.45 bits per heavy atom. The molecule has 1 atom stereocenters. The predicted octanol–water partition coefficient (Wildman–Crippen LogP) is 7.37. The van der Waals surface area contributed by atoms with E-state index in [9.17, 15) is 14.4 Å². The van der Waals surface area contributed by atoms with Crippen molar-refractivity contribution < 1.29 is 28.6 Å². The lowest BCUT2D eigenvalue weighted by Crippen LogP contribution is -2.37. The van der Waals surface area contributed by atoms with Gasteiger partial charge in [-0.1, -0.05) is 102 Å². The highest BCUT2D eigenvalue weighted by atomic mass is 16.5. The topological polar surface area (TPSA) is 114 Å². The van der Waals surface area contributed by atoms with Crippen molar-refractivity contribution in [2.45, 2.75) is 81.2 Å². The van der Waals surface area contributed by atoms with E-state index in [1.165, 1.54) is 5.56 Å². The highest BCUT2D eigenvalue weighted by Crippen LogP contribution is 2.41. The summed E-state index contributed by atoms with van der Waals surface area (Å²) in [5, 5.41) is 0. The monoisotopic (exact) mass is 643 g/mol. The maximum atomic E-state index is 12.1. The maximum absolute atomic E-state index is 12.1. The minimum absolute atomic E-state index is 0.0897. The van der Waals surface area contributed by atoms with Gasteiger partial charge in [0.05, 0.1) is 43.1 Å². The Morgan fingerprint density at radius 1 is 0.894 bits per heavy atom. The van der Waals surface area contributed by atoms with E-state index in [1.807, 2.05) is 76.2 Å². The van der Waals surface area contributed by atoms with Crippen LogP contribution in [0.2, 0.25) is 0 Å². The molecule has 0 aromatic heterocycles. The summed E-state index contributed by atoms with van der Waals surface area (Å²) in [5.74, 6) is -1.24. The van der Waals surface area contributed by atoms with Crippen molar-refractivity contribution in [2.24, 2.45) is 16.6 Å². The average molecular weight is 644 g/mol. The number of allylic oxidation sites excluding steroid dienone is 1. The number of nitrogens with two attached hydrogens (primary N) is 1. The van der Waals surface area contributed by atoms with Crippen molar-refractivity contribution in [3.8, 4) is 0 Å². The molecule has 0 amide bonds. The highest BCUT2D eigenvalue weighted by molar-refractivity contribution is 5.99. The number of nitrogens with zero attached hydrogens (tertiary/aromatic N) is 2. The smallest absolute Gasteiger partial charge is 0.390 e. The Hall–Kier alpha value is -4.89. The van der Waals surface area contributed by atoms with Crippen LogP contribution in [-0.4, -0.2) is 43.8 Å². The summed E-state index contributed by atoms with van der Waals surface area (Å²) in [6, 6.07) is 17.1. The van der Waals surface area contributed by atoms with E-state index >= 15 is 0 Å². The number of fused-ring (bicyclic) bond motifs is 1. The summed E-state index contributed by atoms with van der Waals surface area (Å²) >= 11 is 0. The van der Waals surface area contributed by atoms with Crippen molar-refractivity contribution in [1.29, 1.82) is 0 Å². The molecule has 0 heterocycles. The van der Waals surface area contributed by atoms with E-state index in [2.05, 4.69) is 20.5 Å². The second-order valence-electron chi connectivity index (χ2n) is 12.3. The summed E-state index contributed by atoms with van der Waals surface area (Å²) in [5.41, 5.74) is 10.7. The van der Waals surface area contributed by atoms with E-state index in [0.717, 1.165) is 17.5 Å². The van der Waals surface area contributed by atoms with Gasteiger partial charge in [0.1, 0.15) is 0 Å². The molecule has 2 N–H and O–H groups in total. The highest BCUT2D eigenvalue weighted by Gasteiger charge is 2.42. The third-order valence-electron chi connectivity index (χ3n) is 7.30. The molecule has 0 aliphatic heterocycles. The number of carbonyl (C=O) groups is 3. The number of hydrogen-bond acceptors (Lipinski definition) is 7. The van der Waals surface area contributed by atoms with E-state index in [0.29, 0.717) is 43.1 Å². The molecule has 47 heavy (non-hydrogen) atoms. The van der Waals surface area contributed by atoms with Crippen LogP contribution in [0.25, 0.3) is 15.4 Å². The molecule has 1 aliphatic rings. The predicted molar refractivity (Wildman–Crippen MR) is 184 cm³/mol. The summed E-state index contributed by atoms with van der Waals surface area (Å²) in [6.07, 6.45) is 1.48. The molecule has 9 nitrogen and oxygen atoms in total. The first kappa shape index (κ1) is 40.1. The van der Waals surface area contributed by atoms with Gasteiger partial charge < -0.3 is 24.8 Å². The van der Waals surface area contributed by atoms with Gasteiger partial charge in [-0.3, -0.25) is 4.79 Å². The second kappa shape index (κ2) is 18.9. The number of benzene rings is 2. The normalized spacial score (nSPS) is 13.3. The fourth-order valence-corrected chi connectivity index (χ4v) is 5.14. The van der Waals surface area contributed by atoms with Gasteiger partial charge in [0.2, 0.25) is 0 Å². The lowest BCUT2D eigenvalue weighted by atomic mass is 9.72. The fraction of sp³-hybridized carbons (Fsp3) is 0.447. The molecule has 1 unspecified atom stereocenters. The van der Waals surface area contributed by atoms with Crippen LogP contribution >= 0.6 is 0 Å². The quantitative estimate of drug-likeness (QED) is 0.131. The van der Waals surface area contributed by atoms with Gasteiger partial charge in [-0.05, 0) is 44.7 Å². The Bertz CT molecular complexity index is 1520. The van der Waals surface area contributed by atoms with E-state index < -0.39 is 23.4 Å². The van der Waals surface area contributed by atoms with Crippen molar-refractivity contribution in [3.05, 3.63) is 111 Å². The summed E-state index contributed by atoms with van der Waals surface area (Å²) < 4.78 is 14.7. The van der Waals surface area contributed by atoms with Crippen LogP contribution in [0.15, 0.2) is 71.4 Å². The van der Waals surface area contributed by atoms with Crippen LogP contribution in [0.1, 0.15) is 79.0 Å². The van der Waals surface area contributed by atoms with Crippen LogP contribution in [0.5, 0.6) is 0 Å². The molecular weight excluding hydrogens is 594 g/mol. The van der Waals surface area contributed by atoms with Crippen LogP contribution < -0.4 is 5.73 Å². The zero-order chi connectivity index (χ0) is 35.8. The van der Waals surface area contributed by atoms with Gasteiger partial charge in [0.25, 0.3) is 5.70 Å². The zero-order valence-electron chi connectivity index (χ0n) is 29.2. The van der Waals surface area contributed by atoms with Gasteiger partial charge in [0.15, 0.2) is 0 Å². The van der Waals surface area contributed by atoms with E-state index in [4.69, 9.17) is 28.4 Å². The van der Waals surface area contributed by atoms with E-state index in [1.54, 1.807) is 34.6 Å². The lowest BCUT2D eigenvalue weighted by molar-refractivity contribution is -0.146. The number of carbonyl (C=O) groups excluding carboxylic acids is 3. The van der Waals surface area contributed by atoms with E-state index in [-0.39, 0.29) is 17.1 Å². The molecule has 3 rings (SSSR count). The van der Waals surface area contributed by atoms with Crippen molar-refractivity contribution >= 4 is 23.6 Å². The van der Waals surface area contributed by atoms with Crippen molar-refractivity contribution in [2.75, 3.05) is 19.8 Å². The van der Waals surface area contributed by atoms with Gasteiger partial charge in [-0.15, -0.1) is 0 Å². The SMILES string of the molecule is CCOC(=O)C1=C(N)c2ccccc2CC1(C)C.[C-]#[N+]C(C(=O)OCC)=C(C)C.[C-]#[N+]C(C(=O)OCC)C(C)(C)Cc1ccccc1. The third-order valence-corrected chi connectivity index (χ3v) is 7.30. The number of rotatable bonds is 9. The minimum Gasteiger partial charge on any atom is -0.471 e. The maximum Gasteiger partial charge on any atom is 0.390 e. The van der Waals surface area contributed by atoms with Crippen molar-refractivity contribution in [1.82, 2.24) is 0 Å². The summed E-state index contributed by atoms with van der Waals surface area (Å²) in [6.45, 7) is 31.5. The number of hydrogen-bond donors (Lipinski definition) is 1. The molecule has 0 radical (unpaired) electrons.